The Morgan fingerprint density at radius 2 is 1.83 bits per heavy atom. The highest BCUT2D eigenvalue weighted by Crippen LogP contribution is 2.28. The van der Waals surface area contributed by atoms with E-state index in [1.54, 1.807) is 6.07 Å². The summed E-state index contributed by atoms with van der Waals surface area (Å²) in [5.41, 5.74) is 0.216. The van der Waals surface area contributed by atoms with Gasteiger partial charge in [0.2, 0.25) is 0 Å². The van der Waals surface area contributed by atoms with Gasteiger partial charge in [0.05, 0.1) is 5.00 Å². The molecule has 0 amide bonds. The molecule has 0 spiro atoms. The molecule has 2 rings (SSSR count). The summed E-state index contributed by atoms with van der Waals surface area (Å²) < 4.78 is 0. The van der Waals surface area contributed by atoms with Crippen molar-refractivity contribution in [1.29, 1.82) is 0 Å². The zero-order chi connectivity index (χ0) is 13.3. The molecule has 1 N–H and O–H groups in total. The first-order chi connectivity index (χ1) is 8.38. The molecule has 0 bridgehead atoms. The van der Waals surface area contributed by atoms with E-state index >= 15 is 0 Å². The normalized spacial score (nSPS) is 18.1. The van der Waals surface area contributed by atoms with E-state index < -0.39 is 5.97 Å². The van der Waals surface area contributed by atoms with Crippen LogP contribution in [0, 0.1) is 0 Å². The molecule has 5 heteroatoms. The SMILES string of the molecule is CC(C)(C)N1CCN(c2ccc(C(=O)O)s2)CC1. The Hall–Kier alpha value is -1.07. The third-order valence-corrected chi connectivity index (χ3v) is 4.48. The summed E-state index contributed by atoms with van der Waals surface area (Å²) in [5.74, 6) is -0.834. The largest absolute Gasteiger partial charge is 0.477 e. The van der Waals surface area contributed by atoms with Crippen molar-refractivity contribution >= 4 is 22.3 Å². The lowest BCUT2D eigenvalue weighted by molar-refractivity contribution is 0.0702. The summed E-state index contributed by atoms with van der Waals surface area (Å²) in [4.78, 5) is 16.0. The molecule has 0 atom stereocenters. The van der Waals surface area contributed by atoms with Gasteiger partial charge in [-0.1, -0.05) is 0 Å². The van der Waals surface area contributed by atoms with Crippen molar-refractivity contribution in [3.05, 3.63) is 17.0 Å². The fourth-order valence-electron chi connectivity index (χ4n) is 2.21. The molecular formula is C13H20N2O2S. The van der Waals surface area contributed by atoms with Gasteiger partial charge in [-0.15, -0.1) is 11.3 Å². The van der Waals surface area contributed by atoms with Gasteiger partial charge < -0.3 is 10.0 Å². The Balaban J connectivity index is 1.99. The first-order valence-corrected chi connectivity index (χ1v) is 7.03. The second kappa shape index (κ2) is 4.90. The van der Waals surface area contributed by atoms with E-state index in [4.69, 9.17) is 5.11 Å². The van der Waals surface area contributed by atoms with Crippen molar-refractivity contribution in [3.8, 4) is 0 Å². The fraction of sp³-hybridized carbons (Fsp3) is 0.615. The molecule has 1 aliphatic heterocycles. The highest BCUT2D eigenvalue weighted by atomic mass is 32.1. The van der Waals surface area contributed by atoms with Crippen LogP contribution in [0.2, 0.25) is 0 Å². The van der Waals surface area contributed by atoms with Crippen LogP contribution in [-0.4, -0.2) is 47.7 Å². The summed E-state index contributed by atoms with van der Waals surface area (Å²) in [6.07, 6.45) is 0. The maximum absolute atomic E-state index is 10.9. The number of hydrogen-bond acceptors (Lipinski definition) is 4. The minimum atomic E-state index is -0.834. The predicted octanol–water partition coefficient (Wildman–Crippen LogP) is 2.37. The van der Waals surface area contributed by atoms with E-state index in [9.17, 15) is 4.79 Å². The summed E-state index contributed by atoms with van der Waals surface area (Å²) >= 11 is 1.36. The summed E-state index contributed by atoms with van der Waals surface area (Å²) in [6.45, 7) is 10.7. The van der Waals surface area contributed by atoms with E-state index in [-0.39, 0.29) is 5.54 Å². The van der Waals surface area contributed by atoms with Gasteiger partial charge in [0, 0.05) is 31.7 Å². The number of rotatable bonds is 2. The third kappa shape index (κ3) is 2.84. The highest BCUT2D eigenvalue weighted by Gasteiger charge is 2.26. The Morgan fingerprint density at radius 3 is 2.28 bits per heavy atom. The molecule has 1 aromatic heterocycles. The molecule has 18 heavy (non-hydrogen) atoms. The van der Waals surface area contributed by atoms with Gasteiger partial charge in [-0.2, -0.15) is 0 Å². The molecular weight excluding hydrogens is 248 g/mol. The molecule has 4 nitrogen and oxygen atoms in total. The van der Waals surface area contributed by atoms with Crippen molar-refractivity contribution in [2.75, 3.05) is 31.1 Å². The highest BCUT2D eigenvalue weighted by molar-refractivity contribution is 7.17. The Labute approximate surface area is 112 Å². The molecule has 1 saturated heterocycles. The van der Waals surface area contributed by atoms with Gasteiger partial charge >= 0.3 is 5.97 Å². The standard InChI is InChI=1S/C13H20N2O2S/c1-13(2,3)15-8-6-14(7-9-15)11-5-4-10(18-11)12(16)17/h4-5H,6-9H2,1-3H3,(H,16,17). The van der Waals surface area contributed by atoms with E-state index in [0.29, 0.717) is 4.88 Å². The Bertz CT molecular complexity index is 428. The van der Waals surface area contributed by atoms with Crippen LogP contribution in [-0.2, 0) is 0 Å². The molecule has 0 aromatic carbocycles. The summed E-state index contributed by atoms with van der Waals surface area (Å²) in [6, 6.07) is 3.61. The number of hydrogen-bond donors (Lipinski definition) is 1. The monoisotopic (exact) mass is 268 g/mol. The van der Waals surface area contributed by atoms with Crippen molar-refractivity contribution in [2.24, 2.45) is 0 Å². The number of thiophene rings is 1. The van der Waals surface area contributed by atoms with Crippen LogP contribution >= 0.6 is 11.3 Å². The first kappa shape index (κ1) is 13.4. The summed E-state index contributed by atoms with van der Waals surface area (Å²) in [5, 5.41) is 10.00. The average Bonchev–Trinajstić information content (AvgIpc) is 2.77. The van der Waals surface area contributed by atoms with Crippen LogP contribution in [0.3, 0.4) is 0 Å². The average molecular weight is 268 g/mol. The number of carboxylic acid groups (broad SMARTS) is 1. The topological polar surface area (TPSA) is 43.8 Å². The smallest absolute Gasteiger partial charge is 0.345 e. The minimum Gasteiger partial charge on any atom is -0.477 e. The van der Waals surface area contributed by atoms with Crippen LogP contribution in [0.25, 0.3) is 0 Å². The quantitative estimate of drug-likeness (QED) is 0.894. The van der Waals surface area contributed by atoms with Crippen LogP contribution in [0.15, 0.2) is 12.1 Å². The number of piperazine rings is 1. The lowest BCUT2D eigenvalue weighted by Crippen LogP contribution is -2.53. The first-order valence-electron chi connectivity index (χ1n) is 6.21. The van der Waals surface area contributed by atoms with E-state index in [2.05, 4.69) is 30.6 Å². The number of nitrogens with zero attached hydrogens (tertiary/aromatic N) is 2. The van der Waals surface area contributed by atoms with Crippen LogP contribution in [0.1, 0.15) is 30.4 Å². The molecule has 100 valence electrons. The van der Waals surface area contributed by atoms with Crippen molar-refractivity contribution < 1.29 is 9.90 Å². The zero-order valence-corrected chi connectivity index (χ0v) is 12.0. The van der Waals surface area contributed by atoms with Crippen molar-refractivity contribution in [1.82, 2.24) is 4.90 Å². The summed E-state index contributed by atoms with van der Waals surface area (Å²) in [7, 11) is 0. The second-order valence-corrected chi connectivity index (χ2v) is 6.65. The van der Waals surface area contributed by atoms with Crippen molar-refractivity contribution in [2.45, 2.75) is 26.3 Å². The Kier molecular flexibility index (Phi) is 3.64. The molecule has 0 saturated carbocycles. The van der Waals surface area contributed by atoms with Gasteiger partial charge in [-0.05, 0) is 32.9 Å². The molecule has 0 radical (unpaired) electrons. The molecule has 1 fully saturated rings. The van der Waals surface area contributed by atoms with Crippen LogP contribution in [0.4, 0.5) is 5.00 Å². The number of anilines is 1. The van der Waals surface area contributed by atoms with E-state index in [1.165, 1.54) is 11.3 Å². The molecule has 2 heterocycles. The minimum absolute atomic E-state index is 0.216. The van der Waals surface area contributed by atoms with E-state index in [1.807, 2.05) is 6.07 Å². The number of carbonyl (C=O) groups is 1. The molecule has 0 aliphatic carbocycles. The Morgan fingerprint density at radius 1 is 1.22 bits per heavy atom. The van der Waals surface area contributed by atoms with E-state index in [0.717, 1.165) is 31.2 Å². The number of aromatic carboxylic acids is 1. The van der Waals surface area contributed by atoms with Gasteiger partial charge in [-0.25, -0.2) is 4.79 Å². The molecule has 0 unspecified atom stereocenters. The fourth-order valence-corrected chi connectivity index (χ4v) is 3.11. The van der Waals surface area contributed by atoms with Crippen molar-refractivity contribution in [3.63, 3.8) is 0 Å². The number of carboxylic acids is 1. The third-order valence-electron chi connectivity index (χ3n) is 3.34. The predicted molar refractivity (Wildman–Crippen MR) is 74.8 cm³/mol. The van der Waals surface area contributed by atoms with Gasteiger partial charge in [0.15, 0.2) is 0 Å². The van der Waals surface area contributed by atoms with Gasteiger partial charge in [-0.3, -0.25) is 4.90 Å². The van der Waals surface area contributed by atoms with Gasteiger partial charge in [0.25, 0.3) is 0 Å². The zero-order valence-electron chi connectivity index (χ0n) is 11.1. The molecule has 1 aliphatic rings. The maximum atomic E-state index is 10.9. The van der Waals surface area contributed by atoms with Crippen LogP contribution < -0.4 is 4.90 Å². The second-order valence-electron chi connectivity index (χ2n) is 5.59. The maximum Gasteiger partial charge on any atom is 0.345 e. The lowest BCUT2D eigenvalue weighted by atomic mass is 10.1. The lowest BCUT2D eigenvalue weighted by Gasteiger charge is -2.42. The molecule has 1 aromatic rings. The van der Waals surface area contributed by atoms with Gasteiger partial charge in [0.1, 0.15) is 4.88 Å². The van der Waals surface area contributed by atoms with Crippen LogP contribution in [0.5, 0.6) is 0 Å².